The van der Waals surface area contributed by atoms with Gasteiger partial charge in [0.2, 0.25) is 6.79 Å². The zero-order valence-electron chi connectivity index (χ0n) is 13.3. The van der Waals surface area contributed by atoms with Crippen LogP contribution in [0.3, 0.4) is 0 Å². The molecule has 8 nitrogen and oxygen atoms in total. The fourth-order valence-corrected chi connectivity index (χ4v) is 5.14. The predicted octanol–water partition coefficient (Wildman–Crippen LogP) is 0.919. The molecule has 0 radical (unpaired) electrons. The molecule has 1 N–H and O–H groups in total. The van der Waals surface area contributed by atoms with Crippen LogP contribution in [0, 0.1) is 0 Å². The number of ether oxygens (including phenoxy) is 3. The van der Waals surface area contributed by atoms with Crippen molar-refractivity contribution in [1.82, 2.24) is 5.32 Å². The van der Waals surface area contributed by atoms with E-state index in [1.807, 2.05) is 0 Å². The molecule has 1 saturated heterocycles. The predicted molar refractivity (Wildman–Crippen MR) is 87.7 cm³/mol. The maximum absolute atomic E-state index is 12.1. The molecule has 25 heavy (non-hydrogen) atoms. The lowest BCUT2D eigenvalue weighted by Gasteiger charge is -2.23. The van der Waals surface area contributed by atoms with Gasteiger partial charge in [-0.2, -0.15) is 0 Å². The van der Waals surface area contributed by atoms with E-state index in [1.165, 1.54) is 12.1 Å². The topological polar surface area (TPSA) is 108 Å². The highest BCUT2D eigenvalue weighted by atomic mass is 35.5. The highest BCUT2D eigenvalue weighted by Gasteiger charge is 2.39. The van der Waals surface area contributed by atoms with Gasteiger partial charge in [0.15, 0.2) is 27.9 Å². The third kappa shape index (κ3) is 3.98. The number of amides is 1. The van der Waals surface area contributed by atoms with Crippen LogP contribution >= 0.6 is 11.6 Å². The van der Waals surface area contributed by atoms with E-state index in [9.17, 15) is 18.0 Å². The van der Waals surface area contributed by atoms with Crippen LogP contribution in [0.5, 0.6) is 11.5 Å². The zero-order chi connectivity index (χ0) is 18.2. The minimum absolute atomic E-state index is 0.0114. The van der Waals surface area contributed by atoms with Crippen LogP contribution in [-0.2, 0) is 19.4 Å². The van der Waals surface area contributed by atoms with E-state index in [1.54, 1.807) is 6.92 Å². The molecule has 1 aromatic rings. The summed E-state index contributed by atoms with van der Waals surface area (Å²) in [6, 6.07) is 2.78. The van der Waals surface area contributed by atoms with Crippen molar-refractivity contribution in [3.63, 3.8) is 0 Å². The number of halogens is 1. The van der Waals surface area contributed by atoms with E-state index in [0.29, 0.717) is 17.9 Å². The smallest absolute Gasteiger partial charge is 0.338 e. The van der Waals surface area contributed by atoms with Crippen molar-refractivity contribution in [3.8, 4) is 11.5 Å². The van der Waals surface area contributed by atoms with Gasteiger partial charge in [-0.15, -0.1) is 0 Å². The van der Waals surface area contributed by atoms with E-state index in [-0.39, 0.29) is 28.9 Å². The molecule has 1 amide bonds. The highest BCUT2D eigenvalue weighted by molar-refractivity contribution is 7.91. The first-order valence-electron chi connectivity index (χ1n) is 7.45. The minimum atomic E-state index is -3.15. The molecule has 136 valence electrons. The number of rotatable bonds is 4. The second kappa shape index (κ2) is 6.38. The molecule has 2 aliphatic heterocycles. The molecule has 10 heteroatoms. The largest absolute Gasteiger partial charge is 0.454 e. The number of fused-ring (bicyclic) bond motifs is 1. The molecule has 2 aliphatic rings. The average Bonchev–Trinajstić information content (AvgIpc) is 3.09. The van der Waals surface area contributed by atoms with E-state index in [0.717, 1.165) is 0 Å². The summed E-state index contributed by atoms with van der Waals surface area (Å²) in [4.78, 5) is 24.0. The Morgan fingerprint density at radius 3 is 2.80 bits per heavy atom. The molecule has 1 fully saturated rings. The number of sulfone groups is 1. The number of hydrogen-bond donors (Lipinski definition) is 1. The van der Waals surface area contributed by atoms with Crippen molar-refractivity contribution in [1.29, 1.82) is 0 Å². The Kier molecular flexibility index (Phi) is 4.54. The van der Waals surface area contributed by atoms with Gasteiger partial charge in [-0.25, -0.2) is 13.2 Å². The van der Waals surface area contributed by atoms with Crippen LogP contribution < -0.4 is 14.8 Å². The zero-order valence-corrected chi connectivity index (χ0v) is 14.9. The van der Waals surface area contributed by atoms with Gasteiger partial charge >= 0.3 is 5.97 Å². The average molecular weight is 390 g/mol. The lowest BCUT2D eigenvalue weighted by atomic mass is 10.0. The molecule has 0 spiro atoms. The molecule has 2 heterocycles. The van der Waals surface area contributed by atoms with Crippen LogP contribution in [0.4, 0.5) is 0 Å². The molecule has 0 aliphatic carbocycles. The first-order valence-corrected chi connectivity index (χ1v) is 9.65. The maximum atomic E-state index is 12.1. The molecule has 0 saturated carbocycles. The standard InChI is InChI=1S/C15H16ClNO7S/c1-15(2-3-25(20,21)7-15)17-12(18)6-22-14(19)9-4-10(16)13-11(5-9)23-8-24-13/h4-5H,2-3,6-8H2,1H3,(H,17,18). The van der Waals surface area contributed by atoms with Crippen molar-refractivity contribution in [2.45, 2.75) is 18.9 Å². The third-order valence-corrected chi connectivity index (χ3v) is 6.13. The van der Waals surface area contributed by atoms with Gasteiger partial charge in [-0.05, 0) is 25.5 Å². The molecule has 0 aromatic heterocycles. The van der Waals surface area contributed by atoms with Gasteiger partial charge in [0.05, 0.1) is 27.6 Å². The second-order valence-electron chi connectivity index (χ2n) is 6.22. The summed E-state index contributed by atoms with van der Waals surface area (Å²) in [7, 11) is -3.15. The Balaban J connectivity index is 1.58. The van der Waals surface area contributed by atoms with Gasteiger partial charge in [-0.3, -0.25) is 4.79 Å². The molecule has 1 atom stereocenters. The van der Waals surface area contributed by atoms with Crippen LogP contribution in [-0.4, -0.2) is 50.7 Å². The van der Waals surface area contributed by atoms with Crippen LogP contribution in [0.15, 0.2) is 12.1 Å². The number of benzene rings is 1. The van der Waals surface area contributed by atoms with Gasteiger partial charge in [0, 0.05) is 0 Å². The number of hydrogen-bond acceptors (Lipinski definition) is 7. The Labute approximate surface area is 149 Å². The molecule has 1 unspecified atom stereocenters. The van der Waals surface area contributed by atoms with E-state index < -0.39 is 33.9 Å². The Hall–Kier alpha value is -2.00. The number of esters is 1. The summed E-state index contributed by atoms with van der Waals surface area (Å²) < 4.78 is 38.3. The van der Waals surface area contributed by atoms with Crippen molar-refractivity contribution >= 4 is 33.3 Å². The monoisotopic (exact) mass is 389 g/mol. The maximum Gasteiger partial charge on any atom is 0.338 e. The summed E-state index contributed by atoms with van der Waals surface area (Å²) in [6.45, 7) is 1.13. The first kappa shape index (κ1) is 17.8. The number of carbonyl (C=O) groups is 2. The lowest BCUT2D eigenvalue weighted by Crippen LogP contribution is -2.48. The number of nitrogens with one attached hydrogen (secondary N) is 1. The molecule has 3 rings (SSSR count). The SMILES string of the molecule is CC1(NC(=O)COC(=O)c2cc(Cl)c3c(c2)OCO3)CCS(=O)(=O)C1. The highest BCUT2D eigenvalue weighted by Crippen LogP contribution is 2.39. The fourth-order valence-electron chi connectivity index (χ4n) is 2.78. The molecule has 0 bridgehead atoms. The van der Waals surface area contributed by atoms with Crippen LogP contribution in [0.2, 0.25) is 5.02 Å². The minimum Gasteiger partial charge on any atom is -0.454 e. The Morgan fingerprint density at radius 1 is 1.36 bits per heavy atom. The quantitative estimate of drug-likeness (QED) is 0.762. The van der Waals surface area contributed by atoms with Crippen molar-refractivity contribution in [2.24, 2.45) is 0 Å². The normalized spacial score (nSPS) is 23.3. The van der Waals surface area contributed by atoms with Gasteiger partial charge in [0.25, 0.3) is 5.91 Å². The van der Waals surface area contributed by atoms with Crippen LogP contribution in [0.25, 0.3) is 0 Å². The van der Waals surface area contributed by atoms with Gasteiger partial charge < -0.3 is 19.5 Å². The molecule has 1 aromatic carbocycles. The van der Waals surface area contributed by atoms with Crippen molar-refractivity contribution in [2.75, 3.05) is 24.9 Å². The Morgan fingerprint density at radius 2 is 2.12 bits per heavy atom. The fraction of sp³-hybridized carbons (Fsp3) is 0.467. The van der Waals surface area contributed by atoms with E-state index in [2.05, 4.69) is 5.32 Å². The van der Waals surface area contributed by atoms with Gasteiger partial charge in [-0.1, -0.05) is 11.6 Å². The van der Waals surface area contributed by atoms with E-state index >= 15 is 0 Å². The Bertz CT molecular complexity index is 839. The van der Waals surface area contributed by atoms with Gasteiger partial charge in [0.1, 0.15) is 0 Å². The van der Waals surface area contributed by atoms with E-state index in [4.69, 9.17) is 25.8 Å². The number of carbonyl (C=O) groups excluding carboxylic acids is 2. The lowest BCUT2D eigenvalue weighted by molar-refractivity contribution is -0.125. The van der Waals surface area contributed by atoms with Crippen molar-refractivity contribution in [3.05, 3.63) is 22.7 Å². The molecular weight excluding hydrogens is 374 g/mol. The third-order valence-electron chi connectivity index (χ3n) is 3.94. The molecular formula is C15H16ClNO7S. The summed E-state index contributed by atoms with van der Waals surface area (Å²) in [5, 5.41) is 2.81. The van der Waals surface area contributed by atoms with Crippen LogP contribution in [0.1, 0.15) is 23.7 Å². The summed E-state index contributed by atoms with van der Waals surface area (Å²) in [6.07, 6.45) is 0.326. The first-order chi connectivity index (χ1) is 11.7. The van der Waals surface area contributed by atoms with Crippen molar-refractivity contribution < 1.29 is 32.2 Å². The summed E-state index contributed by atoms with van der Waals surface area (Å²) >= 11 is 5.99. The second-order valence-corrected chi connectivity index (χ2v) is 8.81. The summed E-state index contributed by atoms with van der Waals surface area (Å²) in [5.41, 5.74) is -0.721. The summed E-state index contributed by atoms with van der Waals surface area (Å²) in [5.74, 6) is -0.741.